The van der Waals surface area contributed by atoms with E-state index in [4.69, 9.17) is 0 Å². The van der Waals surface area contributed by atoms with Crippen molar-refractivity contribution in [3.05, 3.63) is 0 Å². The Morgan fingerprint density at radius 1 is 0.857 bits per heavy atom. The van der Waals surface area contributed by atoms with Crippen LogP contribution in [0.1, 0.15) is 65.2 Å². The molecule has 0 aliphatic carbocycles. The van der Waals surface area contributed by atoms with Crippen LogP contribution in [0.2, 0.25) is 0 Å². The largest absolute Gasteiger partial charge is 0.320 e. The van der Waals surface area contributed by atoms with Gasteiger partial charge in [-0.3, -0.25) is 0 Å². The van der Waals surface area contributed by atoms with Gasteiger partial charge in [-0.2, -0.15) is 0 Å². The van der Waals surface area contributed by atoms with Crippen LogP contribution < -0.4 is 5.32 Å². The predicted molar refractivity (Wildman–Crippen MR) is 65.7 cm³/mol. The van der Waals surface area contributed by atoms with E-state index in [0.717, 1.165) is 5.92 Å². The minimum absolute atomic E-state index is 0.981. The van der Waals surface area contributed by atoms with E-state index in [9.17, 15) is 0 Å². The van der Waals surface area contributed by atoms with Gasteiger partial charge in [-0.1, -0.05) is 58.8 Å². The smallest absolute Gasteiger partial charge is 0.00493 e. The zero-order valence-corrected chi connectivity index (χ0v) is 10.4. The molecular weight excluding hydrogens is 170 g/mol. The van der Waals surface area contributed by atoms with Crippen LogP contribution >= 0.6 is 0 Å². The first-order chi connectivity index (χ1) is 6.85. The first-order valence-electron chi connectivity index (χ1n) is 6.49. The van der Waals surface area contributed by atoms with Crippen LogP contribution in [0.4, 0.5) is 0 Å². The molecule has 1 heteroatoms. The molecule has 0 radical (unpaired) electrons. The Labute approximate surface area is 90.7 Å². The highest BCUT2D eigenvalue weighted by molar-refractivity contribution is 4.61. The second-order valence-corrected chi connectivity index (χ2v) is 4.40. The van der Waals surface area contributed by atoms with Crippen molar-refractivity contribution in [2.24, 2.45) is 5.92 Å². The maximum absolute atomic E-state index is 3.27. The standard InChI is InChI=1S/C13H29N/c1-4-6-8-10-13(9-7-5-2)11-12-14-3/h13-14H,4-12H2,1-3H3. The van der Waals surface area contributed by atoms with Gasteiger partial charge in [-0.05, 0) is 25.9 Å². The molecule has 0 aliphatic rings. The maximum Gasteiger partial charge on any atom is -0.00493 e. The fraction of sp³-hybridized carbons (Fsp3) is 1.00. The van der Waals surface area contributed by atoms with E-state index >= 15 is 0 Å². The van der Waals surface area contributed by atoms with Crippen LogP contribution in [0.15, 0.2) is 0 Å². The molecule has 0 saturated carbocycles. The first-order valence-corrected chi connectivity index (χ1v) is 6.49. The number of nitrogens with one attached hydrogen (secondary N) is 1. The van der Waals surface area contributed by atoms with Crippen molar-refractivity contribution in [3.8, 4) is 0 Å². The van der Waals surface area contributed by atoms with Crippen LogP contribution in [0.3, 0.4) is 0 Å². The molecule has 1 unspecified atom stereocenters. The van der Waals surface area contributed by atoms with E-state index in [0.29, 0.717) is 0 Å². The van der Waals surface area contributed by atoms with Gasteiger partial charge >= 0.3 is 0 Å². The highest BCUT2D eigenvalue weighted by Crippen LogP contribution is 2.19. The third-order valence-electron chi connectivity index (χ3n) is 2.98. The van der Waals surface area contributed by atoms with Gasteiger partial charge in [-0.15, -0.1) is 0 Å². The molecule has 1 nitrogen and oxygen atoms in total. The fourth-order valence-electron chi connectivity index (χ4n) is 1.96. The minimum atomic E-state index is 0.981. The molecule has 0 aromatic rings. The molecule has 86 valence electrons. The van der Waals surface area contributed by atoms with Crippen molar-refractivity contribution in [1.82, 2.24) is 5.32 Å². The summed E-state index contributed by atoms with van der Waals surface area (Å²) in [7, 11) is 2.06. The Morgan fingerprint density at radius 2 is 1.50 bits per heavy atom. The number of hydrogen-bond donors (Lipinski definition) is 1. The average Bonchev–Trinajstić information content (AvgIpc) is 2.21. The highest BCUT2D eigenvalue weighted by atomic mass is 14.8. The lowest BCUT2D eigenvalue weighted by molar-refractivity contribution is 0.386. The summed E-state index contributed by atoms with van der Waals surface area (Å²) in [4.78, 5) is 0. The van der Waals surface area contributed by atoms with Gasteiger partial charge in [0.05, 0.1) is 0 Å². The van der Waals surface area contributed by atoms with Crippen molar-refractivity contribution >= 4 is 0 Å². The summed E-state index contributed by atoms with van der Waals surface area (Å²) >= 11 is 0. The van der Waals surface area contributed by atoms with Gasteiger partial charge in [0.2, 0.25) is 0 Å². The van der Waals surface area contributed by atoms with Crippen LogP contribution in [-0.4, -0.2) is 13.6 Å². The Hall–Kier alpha value is -0.0400. The van der Waals surface area contributed by atoms with E-state index in [1.165, 1.54) is 57.9 Å². The Balaban J connectivity index is 3.49. The van der Waals surface area contributed by atoms with E-state index in [-0.39, 0.29) is 0 Å². The molecule has 14 heavy (non-hydrogen) atoms. The summed E-state index contributed by atoms with van der Waals surface area (Å²) in [5.74, 6) is 0.981. The van der Waals surface area contributed by atoms with Crippen LogP contribution in [0, 0.1) is 5.92 Å². The van der Waals surface area contributed by atoms with Gasteiger partial charge in [-0.25, -0.2) is 0 Å². The zero-order valence-electron chi connectivity index (χ0n) is 10.4. The summed E-state index contributed by atoms with van der Waals surface area (Å²) in [6.07, 6.45) is 11.3. The lowest BCUT2D eigenvalue weighted by Gasteiger charge is -2.16. The molecule has 0 rings (SSSR count). The van der Waals surface area contributed by atoms with Gasteiger partial charge in [0.15, 0.2) is 0 Å². The lowest BCUT2D eigenvalue weighted by Crippen LogP contribution is -2.13. The summed E-state index contributed by atoms with van der Waals surface area (Å²) in [6, 6.07) is 0. The van der Waals surface area contributed by atoms with Crippen molar-refractivity contribution in [2.45, 2.75) is 65.2 Å². The molecule has 0 fully saturated rings. The van der Waals surface area contributed by atoms with E-state index in [1.54, 1.807) is 0 Å². The summed E-state index contributed by atoms with van der Waals surface area (Å²) < 4.78 is 0. The normalized spacial score (nSPS) is 13.1. The molecule has 0 bridgehead atoms. The van der Waals surface area contributed by atoms with Crippen LogP contribution in [0.25, 0.3) is 0 Å². The van der Waals surface area contributed by atoms with Gasteiger partial charge < -0.3 is 5.32 Å². The monoisotopic (exact) mass is 199 g/mol. The molecular formula is C13H29N. The highest BCUT2D eigenvalue weighted by Gasteiger charge is 2.06. The predicted octanol–water partition coefficient (Wildman–Crippen LogP) is 3.98. The second kappa shape index (κ2) is 11.0. The third kappa shape index (κ3) is 8.55. The molecule has 0 aliphatic heterocycles. The molecule has 0 spiro atoms. The molecule has 0 aromatic carbocycles. The minimum Gasteiger partial charge on any atom is -0.320 e. The van der Waals surface area contributed by atoms with Gasteiger partial charge in [0.25, 0.3) is 0 Å². The quantitative estimate of drug-likeness (QED) is 0.525. The first kappa shape index (κ1) is 14.0. The number of hydrogen-bond acceptors (Lipinski definition) is 1. The molecule has 1 N–H and O–H groups in total. The molecule has 0 saturated heterocycles. The number of unbranched alkanes of at least 4 members (excludes halogenated alkanes) is 3. The Bertz CT molecular complexity index is 93.4. The van der Waals surface area contributed by atoms with Crippen molar-refractivity contribution in [1.29, 1.82) is 0 Å². The molecule has 0 heterocycles. The maximum atomic E-state index is 3.27. The molecule has 0 aromatic heterocycles. The fourth-order valence-corrected chi connectivity index (χ4v) is 1.96. The lowest BCUT2D eigenvalue weighted by atomic mass is 9.92. The van der Waals surface area contributed by atoms with E-state index in [1.807, 2.05) is 0 Å². The van der Waals surface area contributed by atoms with Crippen molar-refractivity contribution < 1.29 is 0 Å². The molecule has 1 atom stereocenters. The SMILES string of the molecule is CCCCCC(CCCC)CCNC. The Kier molecular flexibility index (Phi) is 11.0. The third-order valence-corrected chi connectivity index (χ3v) is 2.98. The summed E-state index contributed by atoms with van der Waals surface area (Å²) in [6.45, 7) is 5.77. The second-order valence-electron chi connectivity index (χ2n) is 4.40. The van der Waals surface area contributed by atoms with Crippen LogP contribution in [0.5, 0.6) is 0 Å². The zero-order chi connectivity index (χ0) is 10.6. The Morgan fingerprint density at radius 3 is 2.07 bits per heavy atom. The van der Waals surface area contributed by atoms with Gasteiger partial charge in [0, 0.05) is 0 Å². The average molecular weight is 199 g/mol. The molecule has 0 amide bonds. The van der Waals surface area contributed by atoms with Crippen LogP contribution in [-0.2, 0) is 0 Å². The van der Waals surface area contributed by atoms with E-state index < -0.39 is 0 Å². The van der Waals surface area contributed by atoms with Crippen molar-refractivity contribution in [2.75, 3.05) is 13.6 Å². The number of rotatable bonds is 10. The topological polar surface area (TPSA) is 12.0 Å². The van der Waals surface area contributed by atoms with E-state index in [2.05, 4.69) is 26.2 Å². The van der Waals surface area contributed by atoms with Gasteiger partial charge in [0.1, 0.15) is 0 Å². The summed E-state index contributed by atoms with van der Waals surface area (Å²) in [5.41, 5.74) is 0. The summed E-state index contributed by atoms with van der Waals surface area (Å²) in [5, 5.41) is 3.27. The van der Waals surface area contributed by atoms with Crippen molar-refractivity contribution in [3.63, 3.8) is 0 Å².